The molecule has 1 saturated carbocycles. The second kappa shape index (κ2) is 5.25. The van der Waals surface area contributed by atoms with Gasteiger partial charge in [0.1, 0.15) is 12.1 Å². The minimum absolute atomic E-state index is 0.0341. The molecule has 0 atom stereocenters. The number of nitrogens with two attached hydrogens (primary N) is 1. The van der Waals surface area contributed by atoms with Crippen molar-refractivity contribution in [1.29, 1.82) is 0 Å². The first-order valence-electron chi connectivity index (χ1n) is 6.29. The highest BCUT2D eigenvalue weighted by molar-refractivity contribution is 5.80. The Hall–Kier alpha value is -1.49. The maximum atomic E-state index is 13.1. The van der Waals surface area contributed by atoms with Crippen molar-refractivity contribution in [1.82, 2.24) is 0 Å². The first-order valence-corrected chi connectivity index (χ1v) is 6.29. The molecular weight excluding hydrogens is 252 g/mol. The molecular formula is C14H17F2NO2. The zero-order chi connectivity index (χ0) is 13.9. The van der Waals surface area contributed by atoms with Crippen molar-refractivity contribution < 1.29 is 18.3 Å². The largest absolute Gasteiger partial charge is 0.459 e. The molecule has 1 aliphatic rings. The fourth-order valence-electron chi connectivity index (χ4n) is 2.13. The summed E-state index contributed by atoms with van der Waals surface area (Å²) in [6, 6.07) is 9.18. The van der Waals surface area contributed by atoms with Crippen LogP contribution < -0.4 is 5.73 Å². The van der Waals surface area contributed by atoms with Crippen LogP contribution in [-0.4, -0.2) is 17.4 Å². The number of alkyl halides is 2. The lowest BCUT2D eigenvalue weighted by molar-refractivity contribution is -0.156. The summed E-state index contributed by atoms with van der Waals surface area (Å²) in [5.41, 5.74) is 5.46. The lowest BCUT2D eigenvalue weighted by Gasteiger charge is -2.34. The maximum Gasteiger partial charge on any atom is 0.326 e. The summed E-state index contributed by atoms with van der Waals surface area (Å²) >= 11 is 0. The van der Waals surface area contributed by atoms with E-state index in [1.54, 1.807) is 0 Å². The van der Waals surface area contributed by atoms with E-state index < -0.39 is 17.4 Å². The van der Waals surface area contributed by atoms with Gasteiger partial charge in [0.05, 0.1) is 0 Å². The van der Waals surface area contributed by atoms with Gasteiger partial charge >= 0.3 is 5.97 Å². The topological polar surface area (TPSA) is 52.3 Å². The molecule has 1 fully saturated rings. The highest BCUT2D eigenvalue weighted by Gasteiger charge is 2.46. The van der Waals surface area contributed by atoms with E-state index in [0.717, 1.165) is 5.56 Å². The minimum Gasteiger partial charge on any atom is -0.459 e. The van der Waals surface area contributed by atoms with Crippen LogP contribution >= 0.6 is 0 Å². The molecule has 1 aliphatic carbocycles. The molecule has 0 aliphatic heterocycles. The standard InChI is InChI=1S/C14H17F2NO2/c15-14(16)8-6-13(17,7-9-14)12(18)19-10-11-4-2-1-3-5-11/h1-5H,6-10,17H2. The van der Waals surface area contributed by atoms with E-state index >= 15 is 0 Å². The average Bonchev–Trinajstić information content (AvgIpc) is 2.41. The van der Waals surface area contributed by atoms with Gasteiger partial charge in [-0.1, -0.05) is 30.3 Å². The van der Waals surface area contributed by atoms with E-state index in [4.69, 9.17) is 10.5 Å². The third kappa shape index (κ3) is 3.50. The van der Waals surface area contributed by atoms with Crippen LogP contribution in [0.2, 0.25) is 0 Å². The van der Waals surface area contributed by atoms with Crippen molar-refractivity contribution in [3.05, 3.63) is 35.9 Å². The van der Waals surface area contributed by atoms with Crippen molar-refractivity contribution in [2.75, 3.05) is 0 Å². The van der Waals surface area contributed by atoms with Gasteiger partial charge in [0, 0.05) is 12.8 Å². The van der Waals surface area contributed by atoms with Crippen LogP contribution in [0.4, 0.5) is 8.78 Å². The molecule has 0 saturated heterocycles. The lowest BCUT2D eigenvalue weighted by Crippen LogP contribution is -2.53. The highest BCUT2D eigenvalue weighted by Crippen LogP contribution is 2.37. The number of carbonyl (C=O) groups excluding carboxylic acids is 1. The number of hydrogen-bond acceptors (Lipinski definition) is 3. The average molecular weight is 269 g/mol. The Bertz CT molecular complexity index is 438. The Labute approximate surface area is 110 Å². The van der Waals surface area contributed by atoms with E-state index in [1.165, 1.54) is 0 Å². The number of ether oxygens (including phenoxy) is 1. The van der Waals surface area contributed by atoms with E-state index in [1.807, 2.05) is 30.3 Å². The van der Waals surface area contributed by atoms with Crippen molar-refractivity contribution in [2.45, 2.75) is 43.8 Å². The summed E-state index contributed by atoms with van der Waals surface area (Å²) in [6.45, 7) is 0.120. The summed E-state index contributed by atoms with van der Waals surface area (Å²) in [6.07, 6.45) is -0.783. The van der Waals surface area contributed by atoms with Crippen LogP contribution in [0, 0.1) is 0 Å². The molecule has 0 amide bonds. The van der Waals surface area contributed by atoms with Gasteiger partial charge in [0.15, 0.2) is 0 Å². The zero-order valence-corrected chi connectivity index (χ0v) is 10.6. The Morgan fingerprint density at radius 2 is 1.74 bits per heavy atom. The SMILES string of the molecule is NC1(C(=O)OCc2ccccc2)CCC(F)(F)CC1. The minimum atomic E-state index is -2.71. The Morgan fingerprint density at radius 3 is 2.32 bits per heavy atom. The summed E-state index contributed by atoms with van der Waals surface area (Å²) in [5.74, 6) is -3.30. The Kier molecular flexibility index (Phi) is 3.85. The molecule has 3 nitrogen and oxygen atoms in total. The fraction of sp³-hybridized carbons (Fsp3) is 0.500. The Balaban J connectivity index is 1.90. The number of hydrogen-bond donors (Lipinski definition) is 1. The Morgan fingerprint density at radius 1 is 1.16 bits per heavy atom. The summed E-state index contributed by atoms with van der Waals surface area (Å²) < 4.78 is 31.2. The van der Waals surface area contributed by atoms with Gasteiger partial charge in [0.25, 0.3) is 0 Å². The van der Waals surface area contributed by atoms with E-state index in [9.17, 15) is 13.6 Å². The van der Waals surface area contributed by atoms with Gasteiger partial charge in [0.2, 0.25) is 5.92 Å². The van der Waals surface area contributed by atoms with Gasteiger partial charge in [-0.2, -0.15) is 0 Å². The molecule has 0 unspecified atom stereocenters. The van der Waals surface area contributed by atoms with Gasteiger partial charge in [-0.25, -0.2) is 8.78 Å². The predicted octanol–water partition coefficient (Wildman–Crippen LogP) is 2.64. The van der Waals surface area contributed by atoms with Gasteiger partial charge < -0.3 is 10.5 Å². The first kappa shape index (κ1) is 13.9. The molecule has 1 aromatic rings. The molecule has 0 aromatic heterocycles. The molecule has 0 radical (unpaired) electrons. The molecule has 2 N–H and O–H groups in total. The summed E-state index contributed by atoms with van der Waals surface area (Å²) in [4.78, 5) is 11.9. The molecule has 1 aromatic carbocycles. The van der Waals surface area contributed by atoms with Crippen LogP contribution in [0.3, 0.4) is 0 Å². The number of esters is 1. The zero-order valence-electron chi connectivity index (χ0n) is 10.6. The molecule has 0 bridgehead atoms. The maximum absolute atomic E-state index is 13.1. The van der Waals surface area contributed by atoms with Crippen LogP contribution in [-0.2, 0) is 16.1 Å². The van der Waals surface area contributed by atoms with Crippen LogP contribution in [0.5, 0.6) is 0 Å². The third-order valence-corrected chi connectivity index (χ3v) is 3.49. The number of benzene rings is 1. The molecule has 5 heteroatoms. The molecule has 19 heavy (non-hydrogen) atoms. The number of rotatable bonds is 3. The van der Waals surface area contributed by atoms with Crippen molar-refractivity contribution in [2.24, 2.45) is 5.73 Å². The van der Waals surface area contributed by atoms with Crippen LogP contribution in [0.25, 0.3) is 0 Å². The van der Waals surface area contributed by atoms with Gasteiger partial charge in [-0.3, -0.25) is 4.79 Å². The normalized spacial score (nSPS) is 20.8. The second-order valence-electron chi connectivity index (χ2n) is 5.07. The fourth-order valence-corrected chi connectivity index (χ4v) is 2.13. The summed E-state index contributed by atoms with van der Waals surface area (Å²) in [5, 5.41) is 0. The van der Waals surface area contributed by atoms with Crippen LogP contribution in [0.1, 0.15) is 31.2 Å². The van der Waals surface area contributed by atoms with E-state index in [2.05, 4.69) is 0 Å². The number of halogens is 2. The van der Waals surface area contributed by atoms with Crippen molar-refractivity contribution in [3.63, 3.8) is 0 Å². The molecule has 0 heterocycles. The number of carbonyl (C=O) groups is 1. The lowest BCUT2D eigenvalue weighted by atomic mass is 9.81. The smallest absolute Gasteiger partial charge is 0.326 e. The highest BCUT2D eigenvalue weighted by atomic mass is 19.3. The molecule has 104 valence electrons. The van der Waals surface area contributed by atoms with Crippen LogP contribution in [0.15, 0.2) is 30.3 Å². The quantitative estimate of drug-likeness (QED) is 0.858. The first-order chi connectivity index (χ1) is 8.91. The molecule has 0 spiro atoms. The van der Waals surface area contributed by atoms with E-state index in [0.29, 0.717) is 0 Å². The van der Waals surface area contributed by atoms with Crippen molar-refractivity contribution in [3.8, 4) is 0 Å². The monoisotopic (exact) mass is 269 g/mol. The predicted molar refractivity (Wildman–Crippen MR) is 66.6 cm³/mol. The van der Waals surface area contributed by atoms with Gasteiger partial charge in [-0.05, 0) is 18.4 Å². The van der Waals surface area contributed by atoms with Gasteiger partial charge in [-0.15, -0.1) is 0 Å². The second-order valence-corrected chi connectivity index (χ2v) is 5.07. The van der Waals surface area contributed by atoms with Crippen molar-refractivity contribution >= 4 is 5.97 Å². The molecule has 2 rings (SSSR count). The summed E-state index contributed by atoms with van der Waals surface area (Å²) in [7, 11) is 0. The van der Waals surface area contributed by atoms with E-state index in [-0.39, 0.29) is 32.3 Å². The third-order valence-electron chi connectivity index (χ3n) is 3.49.